The average molecular weight is 255 g/mol. The number of nitrogens with one attached hydrogen (secondary N) is 1. The maximum absolute atomic E-state index is 5.66. The Morgan fingerprint density at radius 2 is 1.67 bits per heavy atom. The molecule has 0 spiro atoms. The van der Waals surface area contributed by atoms with E-state index in [1.54, 1.807) is 0 Å². The summed E-state index contributed by atoms with van der Waals surface area (Å²) >= 11 is 0. The third-order valence-electron chi connectivity index (χ3n) is 4.49. The molecular formula is C16H33NO. The largest absolute Gasteiger partial charge is 0.380 e. The first kappa shape index (κ1) is 16.0. The van der Waals surface area contributed by atoms with Crippen LogP contribution in [0, 0.1) is 17.8 Å². The van der Waals surface area contributed by atoms with Crippen LogP contribution in [0.25, 0.3) is 0 Å². The van der Waals surface area contributed by atoms with E-state index in [0.29, 0.717) is 6.04 Å². The number of ether oxygens (including phenoxy) is 1. The quantitative estimate of drug-likeness (QED) is 0.711. The Morgan fingerprint density at radius 1 is 1.06 bits per heavy atom. The van der Waals surface area contributed by atoms with Gasteiger partial charge in [-0.05, 0) is 63.3 Å². The minimum atomic E-state index is 0.581. The minimum absolute atomic E-state index is 0.581. The summed E-state index contributed by atoms with van der Waals surface area (Å²) in [6.45, 7) is 11.9. The van der Waals surface area contributed by atoms with Crippen LogP contribution in [0.4, 0.5) is 0 Å². The molecule has 0 amide bonds. The molecule has 0 aliphatic heterocycles. The fourth-order valence-corrected chi connectivity index (χ4v) is 3.15. The van der Waals surface area contributed by atoms with E-state index in [1.807, 2.05) is 0 Å². The summed E-state index contributed by atoms with van der Waals surface area (Å²) in [7, 11) is 0. The van der Waals surface area contributed by atoms with E-state index in [0.717, 1.165) is 37.5 Å². The summed E-state index contributed by atoms with van der Waals surface area (Å²) in [5, 5.41) is 3.69. The third-order valence-corrected chi connectivity index (χ3v) is 4.49. The Labute approximate surface area is 114 Å². The van der Waals surface area contributed by atoms with Gasteiger partial charge in [0.1, 0.15) is 0 Å². The molecule has 18 heavy (non-hydrogen) atoms. The van der Waals surface area contributed by atoms with Crippen LogP contribution in [0.2, 0.25) is 0 Å². The van der Waals surface area contributed by atoms with Gasteiger partial charge in [-0.1, -0.05) is 20.8 Å². The predicted octanol–water partition coefficient (Wildman–Crippen LogP) is 3.85. The normalized spacial score (nSPS) is 26.5. The van der Waals surface area contributed by atoms with Gasteiger partial charge in [0.2, 0.25) is 0 Å². The summed E-state index contributed by atoms with van der Waals surface area (Å²) in [4.78, 5) is 0. The molecule has 0 heterocycles. The summed E-state index contributed by atoms with van der Waals surface area (Å²) in [6.07, 6.45) is 6.82. The Balaban J connectivity index is 2.38. The van der Waals surface area contributed by atoms with Crippen LogP contribution < -0.4 is 5.32 Å². The molecule has 1 aliphatic carbocycles. The molecule has 1 unspecified atom stereocenters. The van der Waals surface area contributed by atoms with Gasteiger partial charge >= 0.3 is 0 Å². The smallest absolute Gasteiger partial charge is 0.0622 e. The van der Waals surface area contributed by atoms with Crippen LogP contribution in [0.15, 0.2) is 0 Å². The first-order valence-electron chi connectivity index (χ1n) is 8.00. The van der Waals surface area contributed by atoms with E-state index in [-0.39, 0.29) is 0 Å². The summed E-state index contributed by atoms with van der Waals surface area (Å²) in [5.74, 6) is 2.65. The monoisotopic (exact) mass is 255 g/mol. The molecule has 1 atom stereocenters. The first-order chi connectivity index (χ1) is 8.69. The molecule has 0 aromatic heterocycles. The summed E-state index contributed by atoms with van der Waals surface area (Å²) in [5.41, 5.74) is 0. The minimum Gasteiger partial charge on any atom is -0.380 e. The zero-order valence-corrected chi connectivity index (χ0v) is 12.9. The maximum atomic E-state index is 5.66. The van der Waals surface area contributed by atoms with Gasteiger partial charge in [0.15, 0.2) is 0 Å². The van der Waals surface area contributed by atoms with Gasteiger partial charge in [-0.25, -0.2) is 0 Å². The SMILES string of the molecule is CCCNC(COCC)C1CCC(C(C)C)CC1. The summed E-state index contributed by atoms with van der Waals surface area (Å²) in [6, 6.07) is 0.581. The van der Waals surface area contributed by atoms with Crippen LogP contribution >= 0.6 is 0 Å². The highest BCUT2D eigenvalue weighted by molar-refractivity contribution is 4.82. The second kappa shape index (κ2) is 8.92. The van der Waals surface area contributed by atoms with Crippen molar-refractivity contribution in [1.29, 1.82) is 0 Å². The molecule has 1 saturated carbocycles. The second-order valence-corrected chi connectivity index (χ2v) is 6.14. The second-order valence-electron chi connectivity index (χ2n) is 6.14. The van der Waals surface area contributed by atoms with Gasteiger partial charge in [-0.2, -0.15) is 0 Å². The van der Waals surface area contributed by atoms with E-state index in [4.69, 9.17) is 4.74 Å². The Hall–Kier alpha value is -0.0800. The number of hydrogen-bond acceptors (Lipinski definition) is 2. The van der Waals surface area contributed by atoms with Crippen LogP contribution in [-0.4, -0.2) is 25.8 Å². The van der Waals surface area contributed by atoms with Crippen molar-refractivity contribution >= 4 is 0 Å². The molecule has 1 aliphatic rings. The van der Waals surface area contributed by atoms with E-state index < -0.39 is 0 Å². The van der Waals surface area contributed by atoms with Crippen molar-refractivity contribution < 1.29 is 4.74 Å². The fraction of sp³-hybridized carbons (Fsp3) is 1.00. The molecule has 0 bridgehead atoms. The maximum Gasteiger partial charge on any atom is 0.0622 e. The number of rotatable bonds is 8. The zero-order valence-electron chi connectivity index (χ0n) is 12.9. The van der Waals surface area contributed by atoms with Crippen LogP contribution in [0.5, 0.6) is 0 Å². The van der Waals surface area contributed by atoms with Crippen molar-refractivity contribution in [3.05, 3.63) is 0 Å². The Kier molecular flexibility index (Phi) is 7.92. The van der Waals surface area contributed by atoms with Crippen LogP contribution in [-0.2, 0) is 4.74 Å². The van der Waals surface area contributed by atoms with Gasteiger partial charge in [0, 0.05) is 12.6 Å². The molecule has 108 valence electrons. The Morgan fingerprint density at radius 3 is 2.17 bits per heavy atom. The highest BCUT2D eigenvalue weighted by Gasteiger charge is 2.28. The topological polar surface area (TPSA) is 21.3 Å². The lowest BCUT2D eigenvalue weighted by Crippen LogP contribution is -2.42. The van der Waals surface area contributed by atoms with Crippen LogP contribution in [0.1, 0.15) is 59.8 Å². The van der Waals surface area contributed by atoms with E-state index >= 15 is 0 Å². The highest BCUT2D eigenvalue weighted by Crippen LogP contribution is 2.34. The van der Waals surface area contributed by atoms with Gasteiger partial charge in [0.25, 0.3) is 0 Å². The molecule has 2 heteroatoms. The predicted molar refractivity (Wildman–Crippen MR) is 78.9 cm³/mol. The van der Waals surface area contributed by atoms with E-state index in [1.165, 1.54) is 32.1 Å². The van der Waals surface area contributed by atoms with E-state index in [2.05, 4.69) is 33.0 Å². The van der Waals surface area contributed by atoms with Gasteiger partial charge in [0.05, 0.1) is 6.61 Å². The lowest BCUT2D eigenvalue weighted by atomic mass is 9.74. The van der Waals surface area contributed by atoms with Crippen molar-refractivity contribution in [1.82, 2.24) is 5.32 Å². The van der Waals surface area contributed by atoms with Crippen molar-refractivity contribution in [2.45, 2.75) is 65.8 Å². The molecule has 1 fully saturated rings. The van der Waals surface area contributed by atoms with E-state index in [9.17, 15) is 0 Å². The van der Waals surface area contributed by atoms with Crippen molar-refractivity contribution in [2.75, 3.05) is 19.8 Å². The Bertz CT molecular complexity index is 189. The van der Waals surface area contributed by atoms with Crippen molar-refractivity contribution in [2.24, 2.45) is 17.8 Å². The van der Waals surface area contributed by atoms with Gasteiger partial charge in [-0.3, -0.25) is 0 Å². The van der Waals surface area contributed by atoms with Crippen LogP contribution in [0.3, 0.4) is 0 Å². The molecular weight excluding hydrogens is 222 g/mol. The molecule has 1 N–H and O–H groups in total. The van der Waals surface area contributed by atoms with Gasteiger partial charge in [-0.15, -0.1) is 0 Å². The lowest BCUT2D eigenvalue weighted by Gasteiger charge is -2.35. The standard InChI is InChI=1S/C16H33NO/c1-5-11-17-16(12-18-6-2)15-9-7-14(8-10-15)13(3)4/h13-17H,5-12H2,1-4H3. The van der Waals surface area contributed by atoms with Crippen molar-refractivity contribution in [3.63, 3.8) is 0 Å². The molecule has 1 rings (SSSR count). The highest BCUT2D eigenvalue weighted by atomic mass is 16.5. The third kappa shape index (κ3) is 5.27. The average Bonchev–Trinajstić information content (AvgIpc) is 2.39. The van der Waals surface area contributed by atoms with Crippen molar-refractivity contribution in [3.8, 4) is 0 Å². The van der Waals surface area contributed by atoms with Gasteiger partial charge < -0.3 is 10.1 Å². The zero-order chi connectivity index (χ0) is 13.4. The lowest BCUT2D eigenvalue weighted by molar-refractivity contribution is 0.0838. The molecule has 0 radical (unpaired) electrons. The molecule has 2 nitrogen and oxygen atoms in total. The molecule has 0 aromatic carbocycles. The fourth-order valence-electron chi connectivity index (χ4n) is 3.15. The molecule has 0 aromatic rings. The summed E-state index contributed by atoms with van der Waals surface area (Å²) < 4.78 is 5.66. The first-order valence-corrected chi connectivity index (χ1v) is 8.00. The number of hydrogen-bond donors (Lipinski definition) is 1. The molecule has 0 saturated heterocycles.